The number of primary amides is 1. The van der Waals surface area contributed by atoms with Gasteiger partial charge in [-0.05, 0) is 50.7 Å². The molecule has 2 N–H and O–H groups in total. The van der Waals surface area contributed by atoms with Gasteiger partial charge in [0.15, 0.2) is 0 Å². The highest BCUT2D eigenvalue weighted by Gasteiger charge is 2.29. The second-order valence-corrected chi connectivity index (χ2v) is 9.51. The van der Waals surface area contributed by atoms with E-state index >= 15 is 0 Å². The van der Waals surface area contributed by atoms with E-state index in [1.165, 1.54) is 11.8 Å². The zero-order chi connectivity index (χ0) is 23.4. The number of likely N-dealkylation sites (N-methyl/N-ethyl adjacent to an activating group) is 1. The summed E-state index contributed by atoms with van der Waals surface area (Å²) >= 11 is 1.50. The molecule has 4 rings (SSSR count). The monoisotopic (exact) mass is 463 g/mol. The van der Waals surface area contributed by atoms with E-state index in [4.69, 9.17) is 20.4 Å². The zero-order valence-corrected chi connectivity index (χ0v) is 20.0. The van der Waals surface area contributed by atoms with Crippen molar-refractivity contribution in [3.05, 3.63) is 71.9 Å². The maximum atomic E-state index is 11.4. The van der Waals surface area contributed by atoms with E-state index in [1.54, 1.807) is 12.1 Å². The van der Waals surface area contributed by atoms with Crippen molar-refractivity contribution in [2.45, 2.75) is 42.3 Å². The number of nitrogens with zero attached hydrogens (tertiary/aromatic N) is 4. The zero-order valence-electron chi connectivity index (χ0n) is 19.1. The number of aromatic nitrogens is 2. The minimum Gasteiger partial charge on any atom is -0.472 e. The summed E-state index contributed by atoms with van der Waals surface area (Å²) in [4.78, 5) is 27.3. The molecule has 7 nitrogen and oxygen atoms in total. The molecular formula is C25H29N5O2S. The standard InChI is InChI=1S/C25H29N5O2S/c1-17-15-30(18(2)14-29(17)3)25-27-13-22(33-21-11-9-20(10-12-21)23(26)31)24(28-25)32-16-19-7-5-4-6-8-19/h4-13,17-18H,14-16H2,1-3H3,(H2,26,31)/t17-,18+/m0/s1. The Morgan fingerprint density at radius 1 is 1.09 bits per heavy atom. The number of hydrogen-bond acceptors (Lipinski definition) is 7. The van der Waals surface area contributed by atoms with Crippen molar-refractivity contribution in [1.82, 2.24) is 14.9 Å². The van der Waals surface area contributed by atoms with Gasteiger partial charge in [-0.25, -0.2) is 4.98 Å². The van der Waals surface area contributed by atoms with Crippen LogP contribution in [-0.2, 0) is 6.61 Å². The van der Waals surface area contributed by atoms with Gasteiger partial charge in [-0.1, -0.05) is 42.1 Å². The fourth-order valence-corrected chi connectivity index (χ4v) is 4.60. The van der Waals surface area contributed by atoms with Crippen LogP contribution in [0.5, 0.6) is 5.88 Å². The highest BCUT2D eigenvalue weighted by atomic mass is 32.2. The minimum atomic E-state index is -0.443. The normalized spacial score (nSPS) is 18.8. The topological polar surface area (TPSA) is 84.6 Å². The van der Waals surface area contributed by atoms with Crippen LogP contribution in [0.25, 0.3) is 0 Å². The second kappa shape index (κ2) is 10.2. The first-order valence-electron chi connectivity index (χ1n) is 11.0. The van der Waals surface area contributed by atoms with Crippen LogP contribution in [-0.4, -0.2) is 53.0 Å². The Bertz CT molecular complexity index is 1090. The van der Waals surface area contributed by atoms with Crippen LogP contribution in [0.15, 0.2) is 70.6 Å². The van der Waals surface area contributed by atoms with E-state index in [9.17, 15) is 4.79 Å². The number of anilines is 1. The van der Waals surface area contributed by atoms with Crippen LogP contribution in [0.2, 0.25) is 0 Å². The summed E-state index contributed by atoms with van der Waals surface area (Å²) in [6.45, 7) is 6.63. The number of amides is 1. The summed E-state index contributed by atoms with van der Waals surface area (Å²) in [6.07, 6.45) is 1.82. The first-order chi connectivity index (χ1) is 15.9. The molecule has 33 heavy (non-hydrogen) atoms. The summed E-state index contributed by atoms with van der Waals surface area (Å²) in [5, 5.41) is 0. The van der Waals surface area contributed by atoms with E-state index < -0.39 is 5.91 Å². The Morgan fingerprint density at radius 3 is 2.52 bits per heavy atom. The van der Waals surface area contributed by atoms with Crippen LogP contribution in [0.4, 0.5) is 5.95 Å². The van der Waals surface area contributed by atoms with Gasteiger partial charge in [-0.15, -0.1) is 0 Å². The van der Waals surface area contributed by atoms with Gasteiger partial charge in [-0.3, -0.25) is 9.69 Å². The van der Waals surface area contributed by atoms with E-state index in [-0.39, 0.29) is 0 Å². The molecule has 0 spiro atoms. The molecule has 0 bridgehead atoms. The smallest absolute Gasteiger partial charge is 0.248 e. The van der Waals surface area contributed by atoms with Gasteiger partial charge < -0.3 is 15.4 Å². The Hall–Kier alpha value is -3.10. The van der Waals surface area contributed by atoms with Gasteiger partial charge in [-0.2, -0.15) is 4.98 Å². The van der Waals surface area contributed by atoms with Crippen LogP contribution < -0.4 is 15.4 Å². The third-order valence-corrected chi connectivity index (χ3v) is 6.86. The molecule has 172 valence electrons. The van der Waals surface area contributed by atoms with Gasteiger partial charge >= 0.3 is 0 Å². The van der Waals surface area contributed by atoms with Crippen molar-refractivity contribution in [2.24, 2.45) is 5.73 Å². The number of carbonyl (C=O) groups is 1. The molecular weight excluding hydrogens is 434 g/mol. The average molecular weight is 464 g/mol. The molecule has 3 aromatic rings. The Morgan fingerprint density at radius 2 is 1.82 bits per heavy atom. The lowest BCUT2D eigenvalue weighted by molar-refractivity contribution is 0.1000. The molecule has 1 aromatic heterocycles. The molecule has 8 heteroatoms. The lowest BCUT2D eigenvalue weighted by Gasteiger charge is -2.42. The third-order valence-electron chi connectivity index (χ3n) is 5.85. The van der Waals surface area contributed by atoms with Gasteiger partial charge in [0.1, 0.15) is 6.61 Å². The fraction of sp³-hybridized carbons (Fsp3) is 0.320. The number of hydrogen-bond donors (Lipinski definition) is 1. The summed E-state index contributed by atoms with van der Waals surface area (Å²) < 4.78 is 6.19. The highest BCUT2D eigenvalue weighted by molar-refractivity contribution is 7.99. The molecule has 1 aliphatic rings. The van der Waals surface area contributed by atoms with E-state index in [0.29, 0.717) is 36.1 Å². The van der Waals surface area contributed by atoms with Crippen molar-refractivity contribution in [1.29, 1.82) is 0 Å². The number of nitrogens with two attached hydrogens (primary N) is 1. The number of benzene rings is 2. The van der Waals surface area contributed by atoms with Gasteiger partial charge in [0.25, 0.3) is 0 Å². The number of carbonyl (C=O) groups excluding carboxylic acids is 1. The molecule has 2 aromatic carbocycles. The lowest BCUT2D eigenvalue weighted by Crippen LogP contribution is -2.55. The largest absolute Gasteiger partial charge is 0.472 e. The summed E-state index contributed by atoms with van der Waals surface area (Å²) in [7, 11) is 2.15. The number of piperazine rings is 1. The predicted octanol–water partition coefficient (Wildman–Crippen LogP) is 3.83. The quantitative estimate of drug-likeness (QED) is 0.570. The summed E-state index contributed by atoms with van der Waals surface area (Å²) in [6, 6.07) is 17.9. The maximum absolute atomic E-state index is 11.4. The molecule has 2 atom stereocenters. The summed E-state index contributed by atoms with van der Waals surface area (Å²) in [5.41, 5.74) is 6.91. The third kappa shape index (κ3) is 5.64. The molecule has 0 unspecified atom stereocenters. The molecule has 1 saturated heterocycles. The van der Waals surface area contributed by atoms with Crippen molar-refractivity contribution < 1.29 is 9.53 Å². The molecule has 1 amide bonds. The van der Waals surface area contributed by atoms with Crippen LogP contribution in [0.3, 0.4) is 0 Å². The van der Waals surface area contributed by atoms with E-state index in [2.05, 4.69) is 30.7 Å². The van der Waals surface area contributed by atoms with Crippen LogP contribution in [0, 0.1) is 0 Å². The molecule has 1 aliphatic heterocycles. The molecule has 1 fully saturated rings. The van der Waals surface area contributed by atoms with Crippen molar-refractivity contribution >= 4 is 23.6 Å². The SMILES string of the molecule is C[C@@H]1CN(C)[C@@H](C)CN1c1ncc(Sc2ccc(C(N)=O)cc2)c(OCc2ccccc2)n1. The number of ether oxygens (including phenoxy) is 1. The Labute approximate surface area is 199 Å². The average Bonchev–Trinajstić information content (AvgIpc) is 2.82. The predicted molar refractivity (Wildman–Crippen MR) is 131 cm³/mol. The fourth-order valence-electron chi connectivity index (χ4n) is 3.78. The first-order valence-corrected chi connectivity index (χ1v) is 11.8. The number of rotatable bonds is 7. The Kier molecular flexibility index (Phi) is 7.15. The molecule has 0 aliphatic carbocycles. The maximum Gasteiger partial charge on any atom is 0.248 e. The molecule has 0 saturated carbocycles. The van der Waals surface area contributed by atoms with E-state index in [1.807, 2.05) is 48.7 Å². The second-order valence-electron chi connectivity index (χ2n) is 8.39. The lowest BCUT2D eigenvalue weighted by atomic mass is 10.1. The van der Waals surface area contributed by atoms with Crippen molar-refractivity contribution in [3.63, 3.8) is 0 Å². The first kappa shape index (κ1) is 23.1. The molecule has 2 heterocycles. The molecule has 0 radical (unpaired) electrons. The van der Waals surface area contributed by atoms with Crippen LogP contribution >= 0.6 is 11.8 Å². The van der Waals surface area contributed by atoms with Crippen LogP contribution in [0.1, 0.15) is 29.8 Å². The van der Waals surface area contributed by atoms with Crippen molar-refractivity contribution in [2.75, 3.05) is 25.0 Å². The van der Waals surface area contributed by atoms with Gasteiger partial charge in [0, 0.05) is 35.6 Å². The minimum absolute atomic E-state index is 0.299. The van der Waals surface area contributed by atoms with Crippen molar-refractivity contribution in [3.8, 4) is 5.88 Å². The summed E-state index contributed by atoms with van der Waals surface area (Å²) in [5.74, 6) is 0.784. The Balaban J connectivity index is 1.61. The van der Waals surface area contributed by atoms with Gasteiger partial charge in [0.2, 0.25) is 17.7 Å². The van der Waals surface area contributed by atoms with Gasteiger partial charge in [0.05, 0.1) is 11.1 Å². The van der Waals surface area contributed by atoms with E-state index in [0.717, 1.165) is 28.4 Å². The highest BCUT2D eigenvalue weighted by Crippen LogP contribution is 2.35.